The smallest absolute Gasteiger partial charge is 0.328 e. The second kappa shape index (κ2) is 17.8. The number of unbranched alkanes of at least 4 members (excludes halogenated alkanes) is 1. The summed E-state index contributed by atoms with van der Waals surface area (Å²) in [6.45, 7) is 4.37. The van der Waals surface area contributed by atoms with Gasteiger partial charge in [0.1, 0.15) is 17.1 Å². The minimum Gasteiger partial charge on any atom is -0.484 e. The number of imide groups is 1. The molecule has 0 unspecified atom stereocenters. The van der Waals surface area contributed by atoms with Gasteiger partial charge in [-0.05, 0) is 74.7 Å². The Bertz CT molecular complexity index is 2100. The summed E-state index contributed by atoms with van der Waals surface area (Å²) in [5, 5.41) is 9.40. The van der Waals surface area contributed by atoms with E-state index >= 15 is 0 Å². The second-order valence-electron chi connectivity index (χ2n) is 14.9. The van der Waals surface area contributed by atoms with Gasteiger partial charge in [0.2, 0.25) is 11.9 Å². The number of nitrogens with one attached hydrogen (secondary N) is 3. The van der Waals surface area contributed by atoms with E-state index < -0.39 is 6.03 Å². The molecule has 4 aromatic rings. The van der Waals surface area contributed by atoms with Crippen molar-refractivity contribution in [3.8, 4) is 5.75 Å². The van der Waals surface area contributed by atoms with E-state index in [0.717, 1.165) is 74.9 Å². The van der Waals surface area contributed by atoms with Gasteiger partial charge in [0, 0.05) is 100 Å². The SMILES string of the molecule is CN(C)C(=O)c1cc2cnc(Nc3ccc(C(=O)NCCCCN4CCN(C(=O)COc5cccc(N6CCC(=O)NC6=O)c5)CC4)cc3)nc2n1C1CCCC1. The van der Waals surface area contributed by atoms with Crippen LogP contribution in [-0.4, -0.2) is 125 Å². The molecule has 1 aliphatic carbocycles. The predicted molar refractivity (Wildman–Crippen MR) is 215 cm³/mol. The average Bonchev–Trinajstić information content (AvgIpc) is 3.88. The summed E-state index contributed by atoms with van der Waals surface area (Å²) in [5.41, 5.74) is 3.28. The van der Waals surface area contributed by atoms with Crippen LogP contribution in [0.1, 0.15) is 71.8 Å². The van der Waals surface area contributed by atoms with Gasteiger partial charge in [-0.3, -0.25) is 34.3 Å². The molecule has 3 fully saturated rings. The third-order valence-corrected chi connectivity index (χ3v) is 10.8. The lowest BCUT2D eigenvalue weighted by Crippen LogP contribution is -2.50. The molecule has 16 heteroatoms. The lowest BCUT2D eigenvalue weighted by atomic mass is 10.2. The third-order valence-electron chi connectivity index (χ3n) is 10.8. The Hall–Kier alpha value is -6.03. The molecule has 6 amide bonds. The first kappa shape index (κ1) is 39.2. The van der Waals surface area contributed by atoms with Crippen molar-refractivity contribution in [2.75, 3.05) is 76.7 Å². The van der Waals surface area contributed by atoms with E-state index in [0.29, 0.717) is 48.3 Å². The number of benzene rings is 2. The topological polar surface area (TPSA) is 174 Å². The Morgan fingerprint density at radius 2 is 1.72 bits per heavy atom. The highest BCUT2D eigenvalue weighted by Crippen LogP contribution is 2.35. The summed E-state index contributed by atoms with van der Waals surface area (Å²) in [5.74, 6) is 0.320. The number of amides is 6. The first-order valence-corrected chi connectivity index (χ1v) is 19.7. The van der Waals surface area contributed by atoms with Gasteiger partial charge in [0.15, 0.2) is 6.61 Å². The normalized spacial score (nSPS) is 16.5. The maximum absolute atomic E-state index is 13.0. The van der Waals surface area contributed by atoms with Crippen molar-refractivity contribution in [3.63, 3.8) is 0 Å². The Morgan fingerprint density at radius 1 is 0.947 bits per heavy atom. The highest BCUT2D eigenvalue weighted by molar-refractivity contribution is 6.05. The van der Waals surface area contributed by atoms with Gasteiger partial charge in [0.05, 0.1) is 0 Å². The number of hydrogen-bond donors (Lipinski definition) is 3. The number of aromatic nitrogens is 3. The fourth-order valence-electron chi connectivity index (χ4n) is 7.60. The number of anilines is 3. The van der Waals surface area contributed by atoms with E-state index in [1.54, 1.807) is 66.5 Å². The molecule has 1 saturated carbocycles. The summed E-state index contributed by atoms with van der Waals surface area (Å²) in [6, 6.07) is 15.8. The number of carbonyl (C=O) groups is 5. The number of fused-ring (bicyclic) bond motifs is 1. The predicted octanol–water partition coefficient (Wildman–Crippen LogP) is 4.17. The van der Waals surface area contributed by atoms with Gasteiger partial charge in [-0.1, -0.05) is 18.9 Å². The number of urea groups is 1. The lowest BCUT2D eigenvalue weighted by Gasteiger charge is -2.34. The van der Waals surface area contributed by atoms with Crippen molar-refractivity contribution in [3.05, 3.63) is 72.1 Å². The van der Waals surface area contributed by atoms with Crippen molar-refractivity contribution in [2.24, 2.45) is 0 Å². The number of nitrogens with zero attached hydrogens (tertiary/aromatic N) is 7. The molecular formula is C41H50N10O6. The van der Waals surface area contributed by atoms with Crippen LogP contribution in [0.15, 0.2) is 60.8 Å². The van der Waals surface area contributed by atoms with E-state index in [1.165, 1.54) is 4.90 Å². The van der Waals surface area contributed by atoms with Crippen molar-refractivity contribution in [1.82, 2.24) is 39.9 Å². The van der Waals surface area contributed by atoms with Crippen LogP contribution in [0.3, 0.4) is 0 Å². The summed E-state index contributed by atoms with van der Waals surface area (Å²) in [4.78, 5) is 78.9. The molecule has 0 radical (unpaired) electrons. The number of rotatable bonds is 14. The largest absolute Gasteiger partial charge is 0.484 e. The van der Waals surface area contributed by atoms with Crippen LogP contribution in [0.2, 0.25) is 0 Å². The monoisotopic (exact) mass is 778 g/mol. The van der Waals surface area contributed by atoms with E-state index in [2.05, 4.69) is 30.4 Å². The van der Waals surface area contributed by atoms with Crippen LogP contribution in [-0.2, 0) is 9.59 Å². The highest BCUT2D eigenvalue weighted by atomic mass is 16.5. The molecule has 0 spiro atoms. The third kappa shape index (κ3) is 9.51. The molecule has 3 N–H and O–H groups in total. The minimum atomic E-state index is -0.471. The minimum absolute atomic E-state index is 0.0509. The quantitative estimate of drug-likeness (QED) is 0.158. The number of ether oxygens (including phenoxy) is 1. The molecule has 300 valence electrons. The van der Waals surface area contributed by atoms with Crippen LogP contribution < -0.4 is 25.6 Å². The Balaban J connectivity index is 0.807. The number of piperazine rings is 1. The molecule has 7 rings (SSSR count). The summed E-state index contributed by atoms with van der Waals surface area (Å²) >= 11 is 0. The molecule has 2 aromatic heterocycles. The fraction of sp³-hybridized carbons (Fsp3) is 0.439. The van der Waals surface area contributed by atoms with Crippen molar-refractivity contribution in [1.29, 1.82) is 0 Å². The van der Waals surface area contributed by atoms with Crippen LogP contribution in [0.5, 0.6) is 5.75 Å². The summed E-state index contributed by atoms with van der Waals surface area (Å²) in [7, 11) is 3.52. The number of carbonyl (C=O) groups excluding carboxylic acids is 5. The van der Waals surface area contributed by atoms with Gasteiger partial charge >= 0.3 is 6.03 Å². The van der Waals surface area contributed by atoms with Crippen LogP contribution in [0.25, 0.3) is 11.0 Å². The van der Waals surface area contributed by atoms with Crippen LogP contribution in [0.4, 0.5) is 22.1 Å². The Morgan fingerprint density at radius 3 is 2.46 bits per heavy atom. The molecule has 4 heterocycles. The molecule has 2 aromatic carbocycles. The maximum atomic E-state index is 13.0. The fourth-order valence-corrected chi connectivity index (χ4v) is 7.60. The molecule has 0 atom stereocenters. The lowest BCUT2D eigenvalue weighted by molar-refractivity contribution is -0.135. The van der Waals surface area contributed by atoms with E-state index in [-0.39, 0.29) is 49.2 Å². The zero-order valence-corrected chi connectivity index (χ0v) is 32.5. The van der Waals surface area contributed by atoms with Gasteiger partial charge in [-0.15, -0.1) is 0 Å². The van der Waals surface area contributed by atoms with Crippen LogP contribution >= 0.6 is 0 Å². The van der Waals surface area contributed by atoms with Crippen LogP contribution in [0, 0.1) is 0 Å². The standard InChI is InChI=1S/C41H50N10O6/c1-47(2)39(55)34-24-29-26-43-40(46-37(29)51(34)31-8-3-4-9-31)44-30-14-12-28(13-15-30)38(54)42-17-5-6-18-48-20-22-49(23-21-48)36(53)27-57-33-11-7-10-32(25-33)50-19-16-35(52)45-41(50)56/h7,10-15,24-26,31H,3-6,8-9,16-23,27H2,1-2H3,(H,42,54)(H,43,44,46)(H,45,52,56). The summed E-state index contributed by atoms with van der Waals surface area (Å²) in [6.07, 6.45) is 8.02. The Labute approximate surface area is 331 Å². The first-order chi connectivity index (χ1) is 27.6. The molecular weight excluding hydrogens is 729 g/mol. The highest BCUT2D eigenvalue weighted by Gasteiger charge is 2.27. The maximum Gasteiger partial charge on any atom is 0.328 e. The van der Waals surface area contributed by atoms with Gasteiger partial charge < -0.3 is 29.7 Å². The first-order valence-electron chi connectivity index (χ1n) is 19.7. The second-order valence-corrected chi connectivity index (χ2v) is 14.9. The molecule has 2 saturated heterocycles. The Kier molecular flexibility index (Phi) is 12.3. The average molecular weight is 779 g/mol. The zero-order chi connectivity index (χ0) is 39.9. The molecule has 16 nitrogen and oxygen atoms in total. The van der Waals surface area contributed by atoms with Crippen molar-refractivity contribution < 1.29 is 28.7 Å². The zero-order valence-electron chi connectivity index (χ0n) is 32.5. The van der Waals surface area contributed by atoms with Gasteiger partial charge in [-0.2, -0.15) is 4.98 Å². The summed E-state index contributed by atoms with van der Waals surface area (Å²) < 4.78 is 7.85. The molecule has 0 bridgehead atoms. The molecule has 3 aliphatic rings. The van der Waals surface area contributed by atoms with E-state index in [4.69, 9.17) is 9.72 Å². The molecule has 57 heavy (non-hydrogen) atoms. The van der Waals surface area contributed by atoms with E-state index in [1.807, 2.05) is 18.2 Å². The van der Waals surface area contributed by atoms with E-state index in [9.17, 15) is 24.0 Å². The van der Waals surface area contributed by atoms with Gasteiger partial charge in [0.25, 0.3) is 17.7 Å². The molecule has 2 aliphatic heterocycles. The number of hydrogen-bond acceptors (Lipinski definition) is 10. The van der Waals surface area contributed by atoms with Gasteiger partial charge in [-0.25, -0.2) is 9.78 Å². The van der Waals surface area contributed by atoms with Crippen molar-refractivity contribution >= 4 is 58.0 Å². The van der Waals surface area contributed by atoms with Crippen molar-refractivity contribution in [2.45, 2.75) is 51.0 Å².